The van der Waals surface area contributed by atoms with E-state index < -0.39 is 0 Å². The molecule has 0 radical (unpaired) electrons. The number of ether oxygens (including phenoxy) is 1. The van der Waals surface area contributed by atoms with Crippen LogP contribution in [0.25, 0.3) is 0 Å². The van der Waals surface area contributed by atoms with Gasteiger partial charge in [0.1, 0.15) is 0 Å². The quantitative estimate of drug-likeness (QED) is 0.695. The minimum Gasteiger partial charge on any atom is -0.379 e. The Balaban J connectivity index is 2.21. The van der Waals surface area contributed by atoms with Gasteiger partial charge in [-0.3, -0.25) is 0 Å². The van der Waals surface area contributed by atoms with Crippen LogP contribution in [-0.2, 0) is 4.74 Å². The average molecular weight is 228 g/mol. The Labute approximate surface area is 100 Å². The standard InChI is InChI=1S/C13H28N2O/c1-5-13(3,4)10-14-7-11-8-16-9-12(11)15-6-2/h11-12,14-15H,5-10H2,1-4H3. The van der Waals surface area contributed by atoms with E-state index in [-0.39, 0.29) is 0 Å². The van der Waals surface area contributed by atoms with Gasteiger partial charge in [-0.15, -0.1) is 0 Å². The van der Waals surface area contributed by atoms with Crippen molar-refractivity contribution in [2.45, 2.75) is 40.2 Å². The third-order valence-electron chi connectivity index (χ3n) is 3.63. The van der Waals surface area contributed by atoms with Crippen LogP contribution < -0.4 is 10.6 Å². The summed E-state index contributed by atoms with van der Waals surface area (Å²) in [4.78, 5) is 0. The molecule has 1 aliphatic heterocycles. The summed E-state index contributed by atoms with van der Waals surface area (Å²) in [5, 5.41) is 7.08. The molecule has 96 valence electrons. The molecule has 3 heteroatoms. The number of rotatable bonds is 7. The summed E-state index contributed by atoms with van der Waals surface area (Å²) in [6, 6.07) is 0.544. The zero-order chi connectivity index (χ0) is 12.0. The first-order chi connectivity index (χ1) is 7.59. The predicted molar refractivity (Wildman–Crippen MR) is 68.7 cm³/mol. The second kappa shape index (κ2) is 6.58. The lowest BCUT2D eigenvalue weighted by atomic mass is 9.90. The van der Waals surface area contributed by atoms with Gasteiger partial charge < -0.3 is 15.4 Å². The minimum absolute atomic E-state index is 0.410. The molecule has 0 aromatic rings. The van der Waals surface area contributed by atoms with Crippen molar-refractivity contribution in [1.29, 1.82) is 0 Å². The Morgan fingerprint density at radius 2 is 2.00 bits per heavy atom. The lowest BCUT2D eigenvalue weighted by molar-refractivity contribution is 0.181. The van der Waals surface area contributed by atoms with Crippen molar-refractivity contribution in [3.8, 4) is 0 Å². The average Bonchev–Trinajstić information content (AvgIpc) is 2.66. The van der Waals surface area contributed by atoms with Crippen molar-refractivity contribution < 1.29 is 4.74 Å². The van der Waals surface area contributed by atoms with Gasteiger partial charge in [-0.1, -0.05) is 27.7 Å². The molecule has 0 amide bonds. The molecule has 16 heavy (non-hydrogen) atoms. The summed E-state index contributed by atoms with van der Waals surface area (Å²) in [7, 11) is 0. The van der Waals surface area contributed by atoms with Gasteiger partial charge in [-0.2, -0.15) is 0 Å². The van der Waals surface area contributed by atoms with Crippen LogP contribution >= 0.6 is 0 Å². The van der Waals surface area contributed by atoms with E-state index in [1.807, 2.05) is 0 Å². The highest BCUT2D eigenvalue weighted by Gasteiger charge is 2.27. The highest BCUT2D eigenvalue weighted by molar-refractivity contribution is 4.83. The molecular weight excluding hydrogens is 200 g/mol. The van der Waals surface area contributed by atoms with E-state index >= 15 is 0 Å². The van der Waals surface area contributed by atoms with E-state index in [0.717, 1.165) is 32.8 Å². The molecule has 1 heterocycles. The molecule has 1 saturated heterocycles. The van der Waals surface area contributed by atoms with Crippen molar-refractivity contribution in [3.63, 3.8) is 0 Å². The first kappa shape index (κ1) is 13.9. The molecule has 3 nitrogen and oxygen atoms in total. The van der Waals surface area contributed by atoms with Crippen molar-refractivity contribution in [2.24, 2.45) is 11.3 Å². The SMILES string of the molecule is CCNC1COCC1CNCC(C)(C)CC. The molecule has 0 aliphatic carbocycles. The lowest BCUT2D eigenvalue weighted by Gasteiger charge is -2.25. The van der Waals surface area contributed by atoms with E-state index in [9.17, 15) is 0 Å². The van der Waals surface area contributed by atoms with E-state index in [4.69, 9.17) is 4.74 Å². The van der Waals surface area contributed by atoms with Crippen molar-refractivity contribution >= 4 is 0 Å². The molecule has 0 bridgehead atoms. The summed E-state index contributed by atoms with van der Waals surface area (Å²) in [6.45, 7) is 14.0. The Morgan fingerprint density at radius 1 is 1.25 bits per heavy atom. The molecule has 0 spiro atoms. The van der Waals surface area contributed by atoms with Crippen molar-refractivity contribution in [2.75, 3.05) is 32.8 Å². The topological polar surface area (TPSA) is 33.3 Å². The third-order valence-corrected chi connectivity index (χ3v) is 3.63. The molecule has 0 aromatic carbocycles. The van der Waals surface area contributed by atoms with Gasteiger partial charge in [0.15, 0.2) is 0 Å². The molecule has 1 fully saturated rings. The molecule has 0 saturated carbocycles. The fourth-order valence-electron chi connectivity index (χ4n) is 2.01. The van der Waals surface area contributed by atoms with Gasteiger partial charge in [0.05, 0.1) is 13.2 Å². The van der Waals surface area contributed by atoms with Crippen LogP contribution in [0.5, 0.6) is 0 Å². The summed E-state index contributed by atoms with van der Waals surface area (Å²) in [6.07, 6.45) is 1.22. The highest BCUT2D eigenvalue weighted by Crippen LogP contribution is 2.18. The Bertz CT molecular complexity index is 194. The van der Waals surface area contributed by atoms with Crippen LogP contribution in [-0.4, -0.2) is 38.9 Å². The molecular formula is C13H28N2O. The maximum Gasteiger partial charge on any atom is 0.0623 e. The number of likely N-dealkylation sites (N-methyl/N-ethyl adjacent to an activating group) is 1. The smallest absolute Gasteiger partial charge is 0.0623 e. The Morgan fingerprint density at radius 3 is 2.62 bits per heavy atom. The van der Waals surface area contributed by atoms with E-state index in [0.29, 0.717) is 17.4 Å². The van der Waals surface area contributed by atoms with Gasteiger partial charge in [-0.25, -0.2) is 0 Å². The first-order valence-corrected chi connectivity index (χ1v) is 6.61. The fraction of sp³-hybridized carbons (Fsp3) is 1.00. The highest BCUT2D eigenvalue weighted by atomic mass is 16.5. The predicted octanol–water partition coefficient (Wildman–Crippen LogP) is 1.64. The number of hydrogen-bond acceptors (Lipinski definition) is 3. The largest absolute Gasteiger partial charge is 0.379 e. The van der Waals surface area contributed by atoms with Gasteiger partial charge >= 0.3 is 0 Å². The lowest BCUT2D eigenvalue weighted by Crippen LogP contribution is -2.42. The molecule has 2 unspecified atom stereocenters. The third kappa shape index (κ3) is 4.40. The normalized spacial score (nSPS) is 26.2. The maximum atomic E-state index is 5.53. The fourth-order valence-corrected chi connectivity index (χ4v) is 2.01. The van der Waals surface area contributed by atoms with Gasteiger partial charge in [0.25, 0.3) is 0 Å². The van der Waals surface area contributed by atoms with E-state index in [1.165, 1.54) is 6.42 Å². The summed E-state index contributed by atoms with van der Waals surface area (Å²) < 4.78 is 5.53. The number of hydrogen-bond donors (Lipinski definition) is 2. The second-order valence-corrected chi connectivity index (χ2v) is 5.61. The molecule has 2 N–H and O–H groups in total. The van der Waals surface area contributed by atoms with Crippen LogP contribution in [0.15, 0.2) is 0 Å². The van der Waals surface area contributed by atoms with Crippen LogP contribution in [0.4, 0.5) is 0 Å². The van der Waals surface area contributed by atoms with Crippen LogP contribution in [0, 0.1) is 11.3 Å². The monoisotopic (exact) mass is 228 g/mol. The maximum absolute atomic E-state index is 5.53. The van der Waals surface area contributed by atoms with Crippen molar-refractivity contribution in [3.05, 3.63) is 0 Å². The summed E-state index contributed by atoms with van der Waals surface area (Å²) in [5.74, 6) is 0.632. The van der Waals surface area contributed by atoms with Gasteiger partial charge in [-0.05, 0) is 18.4 Å². The molecule has 0 aromatic heterocycles. The molecule has 2 atom stereocenters. The summed E-state index contributed by atoms with van der Waals surface area (Å²) >= 11 is 0. The van der Waals surface area contributed by atoms with E-state index in [2.05, 4.69) is 38.3 Å². The van der Waals surface area contributed by atoms with Crippen LogP contribution in [0.3, 0.4) is 0 Å². The zero-order valence-electron chi connectivity index (χ0n) is 11.3. The minimum atomic E-state index is 0.410. The van der Waals surface area contributed by atoms with Gasteiger partial charge in [0.2, 0.25) is 0 Å². The zero-order valence-corrected chi connectivity index (χ0v) is 11.3. The number of nitrogens with one attached hydrogen (secondary N) is 2. The van der Waals surface area contributed by atoms with Crippen molar-refractivity contribution in [1.82, 2.24) is 10.6 Å². The van der Waals surface area contributed by atoms with Crippen LogP contribution in [0.1, 0.15) is 34.1 Å². The van der Waals surface area contributed by atoms with E-state index in [1.54, 1.807) is 0 Å². The molecule has 1 aliphatic rings. The van der Waals surface area contributed by atoms with Gasteiger partial charge in [0, 0.05) is 25.0 Å². The second-order valence-electron chi connectivity index (χ2n) is 5.61. The summed E-state index contributed by atoms with van der Waals surface area (Å²) in [5.41, 5.74) is 0.410. The van der Waals surface area contributed by atoms with Crippen LogP contribution in [0.2, 0.25) is 0 Å². The Hall–Kier alpha value is -0.120. The Kier molecular flexibility index (Phi) is 5.73. The molecule has 1 rings (SSSR count). The first-order valence-electron chi connectivity index (χ1n) is 6.61.